The predicted octanol–water partition coefficient (Wildman–Crippen LogP) is 3.93. The number of hydrogen-bond acceptors (Lipinski definition) is 6. The van der Waals surface area contributed by atoms with Gasteiger partial charge in [-0.3, -0.25) is 24.8 Å². The molecule has 8 heteroatoms. The van der Waals surface area contributed by atoms with E-state index in [4.69, 9.17) is 0 Å². The number of likely N-dealkylation sites (tertiary alicyclic amines) is 1. The summed E-state index contributed by atoms with van der Waals surface area (Å²) in [6.07, 6.45) is 10.7. The molecule has 0 aliphatic carbocycles. The van der Waals surface area contributed by atoms with Crippen LogP contribution in [-0.2, 0) is 6.54 Å². The molecule has 0 bridgehead atoms. The molecule has 0 unspecified atom stereocenters. The lowest BCUT2D eigenvalue weighted by atomic mass is 10.0. The van der Waals surface area contributed by atoms with Gasteiger partial charge in [-0.05, 0) is 68.9 Å². The van der Waals surface area contributed by atoms with E-state index in [-0.39, 0.29) is 17.4 Å². The fourth-order valence-corrected chi connectivity index (χ4v) is 3.91. The molecule has 1 aromatic carbocycles. The Balaban J connectivity index is 1.59. The number of benzene rings is 1. The Hall–Kier alpha value is -3.65. The number of carbonyl (C=O) groups is 1. The summed E-state index contributed by atoms with van der Waals surface area (Å²) in [6.45, 7) is 8.44. The molecule has 0 spiro atoms. The average molecular weight is 430 g/mol. The Morgan fingerprint density at radius 3 is 2.84 bits per heavy atom. The molecule has 2 N–H and O–H groups in total. The number of aromatic nitrogens is 3. The highest BCUT2D eigenvalue weighted by molar-refractivity contribution is 6.06. The number of aromatic amines is 1. The molecule has 1 aliphatic heterocycles. The molecule has 1 aliphatic rings. The Bertz CT molecular complexity index is 1170. The van der Waals surface area contributed by atoms with Gasteiger partial charge in [-0.15, -0.1) is 0 Å². The molecule has 2 aromatic heterocycles. The normalized spacial score (nSPS) is 15.3. The summed E-state index contributed by atoms with van der Waals surface area (Å²) < 4.78 is 0. The van der Waals surface area contributed by atoms with E-state index in [2.05, 4.69) is 48.2 Å². The molecule has 0 atom stereocenters. The molecule has 1 amide bonds. The summed E-state index contributed by atoms with van der Waals surface area (Å²) in [5.41, 5.74) is 4.25. The van der Waals surface area contributed by atoms with Gasteiger partial charge >= 0.3 is 0 Å². The fraction of sp³-hybridized carbons (Fsp3) is 0.292. The van der Waals surface area contributed by atoms with E-state index in [9.17, 15) is 4.79 Å². The third-order valence-corrected chi connectivity index (χ3v) is 5.52. The van der Waals surface area contributed by atoms with Crippen molar-refractivity contribution in [2.45, 2.75) is 32.7 Å². The summed E-state index contributed by atoms with van der Waals surface area (Å²) >= 11 is 0. The van der Waals surface area contributed by atoms with Gasteiger partial charge in [0.25, 0.3) is 5.91 Å². The first kappa shape index (κ1) is 21.6. The van der Waals surface area contributed by atoms with Crippen LogP contribution in [0.2, 0.25) is 0 Å². The minimum Gasteiger partial charge on any atom is -0.304 e. The van der Waals surface area contributed by atoms with Gasteiger partial charge in [-0.2, -0.15) is 5.10 Å². The monoisotopic (exact) mass is 429 g/mol. The van der Waals surface area contributed by atoms with Crippen LogP contribution in [0.25, 0.3) is 22.0 Å². The zero-order valence-electron chi connectivity index (χ0n) is 18.2. The highest BCUT2D eigenvalue weighted by Gasteiger charge is 2.16. The van der Waals surface area contributed by atoms with Crippen LogP contribution in [-0.4, -0.2) is 52.0 Å². The van der Waals surface area contributed by atoms with Crippen molar-refractivity contribution in [3.05, 3.63) is 59.9 Å². The molecular weight excluding hydrogens is 402 g/mol. The van der Waals surface area contributed by atoms with E-state index in [1.807, 2.05) is 30.6 Å². The van der Waals surface area contributed by atoms with Crippen molar-refractivity contribution in [1.29, 1.82) is 0 Å². The molecule has 4 rings (SSSR count). The zero-order chi connectivity index (χ0) is 22.3. The molecule has 3 heterocycles. The van der Waals surface area contributed by atoms with Gasteiger partial charge in [0, 0.05) is 36.1 Å². The lowest BCUT2D eigenvalue weighted by Crippen LogP contribution is -2.29. The van der Waals surface area contributed by atoms with Crippen molar-refractivity contribution >= 4 is 29.7 Å². The number of hydrogen-bond donors (Lipinski definition) is 2. The first-order chi connectivity index (χ1) is 15.7. The van der Waals surface area contributed by atoms with Crippen molar-refractivity contribution in [3.63, 3.8) is 0 Å². The number of nitrogens with zero attached hydrogens (tertiary/aromatic N) is 5. The Labute approximate surface area is 187 Å². The second-order valence-corrected chi connectivity index (χ2v) is 7.79. The zero-order valence-corrected chi connectivity index (χ0v) is 18.2. The fourth-order valence-electron chi connectivity index (χ4n) is 3.91. The second-order valence-electron chi connectivity index (χ2n) is 7.79. The Morgan fingerprint density at radius 1 is 1.22 bits per heavy atom. The summed E-state index contributed by atoms with van der Waals surface area (Å²) in [5, 5.41) is 10.5. The van der Waals surface area contributed by atoms with Crippen LogP contribution in [0.1, 0.15) is 42.2 Å². The van der Waals surface area contributed by atoms with Crippen LogP contribution in [0, 0.1) is 0 Å². The molecule has 0 radical (unpaired) electrons. The van der Waals surface area contributed by atoms with Crippen LogP contribution in [0.15, 0.2) is 58.7 Å². The smallest absolute Gasteiger partial charge is 0.277 e. The number of piperidine rings is 1. The third kappa shape index (κ3) is 4.97. The molecule has 32 heavy (non-hydrogen) atoms. The van der Waals surface area contributed by atoms with Gasteiger partial charge < -0.3 is 5.32 Å². The second kappa shape index (κ2) is 10.1. The van der Waals surface area contributed by atoms with Gasteiger partial charge in [-0.25, -0.2) is 4.99 Å². The van der Waals surface area contributed by atoms with Crippen LogP contribution in [0.4, 0.5) is 0 Å². The highest BCUT2D eigenvalue weighted by atomic mass is 16.2. The number of H-pyrrole nitrogens is 1. The van der Waals surface area contributed by atoms with E-state index < -0.39 is 0 Å². The van der Waals surface area contributed by atoms with Crippen molar-refractivity contribution in [3.8, 4) is 11.1 Å². The van der Waals surface area contributed by atoms with E-state index in [0.29, 0.717) is 0 Å². The largest absolute Gasteiger partial charge is 0.304 e. The molecule has 3 aromatic rings. The van der Waals surface area contributed by atoms with Gasteiger partial charge in [-0.1, -0.05) is 12.5 Å². The highest BCUT2D eigenvalue weighted by Crippen LogP contribution is 2.26. The lowest BCUT2D eigenvalue weighted by Gasteiger charge is -2.26. The predicted molar refractivity (Wildman–Crippen MR) is 128 cm³/mol. The summed E-state index contributed by atoms with van der Waals surface area (Å²) in [5.74, 6) is -0.120. The molecular formula is C24H27N7O. The molecule has 1 fully saturated rings. The van der Waals surface area contributed by atoms with Crippen LogP contribution in [0.3, 0.4) is 0 Å². The summed E-state index contributed by atoms with van der Waals surface area (Å²) in [6, 6.07) is 8.07. The van der Waals surface area contributed by atoms with Gasteiger partial charge in [0.1, 0.15) is 0 Å². The molecule has 0 saturated carbocycles. The summed E-state index contributed by atoms with van der Waals surface area (Å²) in [4.78, 5) is 27.5. The summed E-state index contributed by atoms with van der Waals surface area (Å²) in [7, 11) is 0. The van der Waals surface area contributed by atoms with Crippen molar-refractivity contribution in [1.82, 2.24) is 25.4 Å². The first-order valence-electron chi connectivity index (χ1n) is 10.8. The van der Waals surface area contributed by atoms with E-state index in [0.717, 1.165) is 41.7 Å². The minimum absolute atomic E-state index is 0.259. The van der Waals surface area contributed by atoms with Gasteiger partial charge in [0.15, 0.2) is 11.5 Å². The number of rotatable bonds is 7. The van der Waals surface area contributed by atoms with Crippen molar-refractivity contribution < 1.29 is 4.79 Å². The molecule has 164 valence electrons. The maximum atomic E-state index is 12.8. The number of aliphatic imine (C=N–C) groups is 2. The number of fused-ring (bicyclic) bond motifs is 1. The first-order valence-corrected chi connectivity index (χ1v) is 10.8. The Kier molecular flexibility index (Phi) is 6.81. The maximum absolute atomic E-state index is 12.8. The molecule has 8 nitrogen and oxygen atoms in total. The van der Waals surface area contributed by atoms with Crippen LogP contribution >= 0.6 is 0 Å². The number of nitrogens with one attached hydrogen (secondary N) is 2. The molecule has 1 saturated heterocycles. The van der Waals surface area contributed by atoms with Gasteiger partial charge in [0.05, 0.1) is 11.7 Å². The average Bonchev–Trinajstić information content (AvgIpc) is 3.26. The van der Waals surface area contributed by atoms with Crippen LogP contribution < -0.4 is 5.32 Å². The van der Waals surface area contributed by atoms with E-state index >= 15 is 0 Å². The Morgan fingerprint density at radius 2 is 2.06 bits per heavy atom. The third-order valence-electron chi connectivity index (χ3n) is 5.52. The topological polar surface area (TPSA) is 98.6 Å². The quantitative estimate of drug-likeness (QED) is 0.556. The number of pyridine rings is 1. The van der Waals surface area contributed by atoms with Gasteiger partial charge in [0.2, 0.25) is 0 Å². The number of amides is 1. The standard InChI is InChI=1S/C24H27N7O/c1-3-26-15-22(25-2)28-24(32)23-20-12-18(7-8-21(20)29-30-23)19-11-17(13-27-14-19)16-31-9-5-4-6-10-31/h3,7-8,11-15H,2,4-6,9-10,16H2,1H3,(H,28,32)(H,29,30)/b22-15+,26-3?. The van der Waals surface area contributed by atoms with E-state index in [1.54, 1.807) is 13.1 Å². The van der Waals surface area contributed by atoms with E-state index in [1.165, 1.54) is 31.0 Å². The number of carbonyl (C=O) groups excluding carboxylic acids is 1. The SMILES string of the molecule is C=N/C(=C\N=CC)NC(=O)c1n[nH]c2ccc(-c3cncc(CN4CCCCC4)c3)cc12. The van der Waals surface area contributed by atoms with Crippen molar-refractivity contribution in [2.24, 2.45) is 9.98 Å². The van der Waals surface area contributed by atoms with Crippen molar-refractivity contribution in [2.75, 3.05) is 13.1 Å². The maximum Gasteiger partial charge on any atom is 0.277 e. The van der Waals surface area contributed by atoms with Crippen LogP contribution in [0.5, 0.6) is 0 Å². The lowest BCUT2D eigenvalue weighted by molar-refractivity contribution is 0.0962. The minimum atomic E-state index is -0.379.